The first kappa shape index (κ1) is 12.9. The van der Waals surface area contributed by atoms with E-state index in [9.17, 15) is 0 Å². The maximum absolute atomic E-state index is 5.89. The van der Waals surface area contributed by atoms with Crippen LogP contribution in [0.1, 0.15) is 31.9 Å². The summed E-state index contributed by atoms with van der Waals surface area (Å²) in [5.41, 5.74) is 1.28. The van der Waals surface area contributed by atoms with Crippen molar-refractivity contribution in [2.45, 2.75) is 32.4 Å². The summed E-state index contributed by atoms with van der Waals surface area (Å²) >= 11 is 5.89. The van der Waals surface area contributed by atoms with Crippen molar-refractivity contribution in [2.75, 3.05) is 13.2 Å². The molecule has 0 spiro atoms. The summed E-state index contributed by atoms with van der Waals surface area (Å²) in [6.07, 6.45) is 1.17. The van der Waals surface area contributed by atoms with Crippen LogP contribution in [0.2, 0.25) is 5.02 Å². The lowest BCUT2D eigenvalue weighted by Crippen LogP contribution is -2.35. The van der Waals surface area contributed by atoms with Crippen molar-refractivity contribution in [2.24, 2.45) is 5.92 Å². The summed E-state index contributed by atoms with van der Waals surface area (Å²) in [5.74, 6) is 0.643. The zero-order chi connectivity index (χ0) is 12.3. The molecule has 17 heavy (non-hydrogen) atoms. The van der Waals surface area contributed by atoms with Crippen LogP contribution in [0.4, 0.5) is 0 Å². The molecule has 1 saturated heterocycles. The third-order valence-electron chi connectivity index (χ3n) is 3.55. The Morgan fingerprint density at radius 2 is 2.00 bits per heavy atom. The summed E-state index contributed by atoms with van der Waals surface area (Å²) in [5, 5.41) is 4.42. The molecule has 0 aromatic heterocycles. The van der Waals surface area contributed by atoms with Crippen LogP contribution in [0.25, 0.3) is 0 Å². The second-order valence-corrected chi connectivity index (χ2v) is 5.29. The van der Waals surface area contributed by atoms with Gasteiger partial charge in [0.2, 0.25) is 0 Å². The molecule has 1 aromatic rings. The van der Waals surface area contributed by atoms with Crippen molar-refractivity contribution in [1.82, 2.24) is 5.32 Å². The molecule has 94 valence electrons. The highest BCUT2D eigenvalue weighted by Crippen LogP contribution is 2.21. The van der Waals surface area contributed by atoms with Crippen molar-refractivity contribution < 1.29 is 4.74 Å². The van der Waals surface area contributed by atoms with Crippen LogP contribution in [0.15, 0.2) is 24.3 Å². The minimum absolute atomic E-state index is 0.350. The van der Waals surface area contributed by atoms with Gasteiger partial charge in [-0.25, -0.2) is 0 Å². The van der Waals surface area contributed by atoms with E-state index in [0.29, 0.717) is 18.0 Å². The second-order valence-electron chi connectivity index (χ2n) is 4.85. The summed E-state index contributed by atoms with van der Waals surface area (Å²) in [6, 6.07) is 8.89. The molecule has 1 aliphatic rings. The maximum Gasteiger partial charge on any atom is 0.0509 e. The van der Waals surface area contributed by atoms with Gasteiger partial charge in [-0.3, -0.25) is 0 Å². The molecule has 1 fully saturated rings. The maximum atomic E-state index is 5.89. The van der Waals surface area contributed by atoms with Gasteiger partial charge in [0.1, 0.15) is 0 Å². The van der Waals surface area contributed by atoms with Crippen molar-refractivity contribution in [1.29, 1.82) is 0 Å². The number of hydrogen-bond donors (Lipinski definition) is 1. The molecule has 2 nitrogen and oxygen atoms in total. The SMILES string of the molecule is CC(NC(C)C1CCOC1)c1ccc(Cl)cc1. The third kappa shape index (κ3) is 3.44. The summed E-state index contributed by atoms with van der Waals surface area (Å²) in [6.45, 7) is 6.23. The van der Waals surface area contributed by atoms with Gasteiger partial charge in [-0.1, -0.05) is 23.7 Å². The van der Waals surface area contributed by atoms with Crippen molar-refractivity contribution >= 4 is 11.6 Å². The standard InChI is InChI=1S/C14H20ClNO/c1-10(12-3-5-14(15)6-4-12)16-11(2)13-7-8-17-9-13/h3-6,10-11,13,16H,7-9H2,1-2H3. The zero-order valence-electron chi connectivity index (χ0n) is 10.4. The van der Waals surface area contributed by atoms with Crippen LogP contribution >= 0.6 is 11.6 Å². The van der Waals surface area contributed by atoms with E-state index in [-0.39, 0.29) is 0 Å². The molecule has 0 saturated carbocycles. The first-order valence-corrected chi connectivity index (χ1v) is 6.64. The van der Waals surface area contributed by atoms with Gasteiger partial charge in [0.25, 0.3) is 0 Å². The molecule has 0 aliphatic carbocycles. The average molecular weight is 254 g/mol. The lowest BCUT2D eigenvalue weighted by atomic mass is 9.98. The number of halogens is 1. The lowest BCUT2D eigenvalue weighted by molar-refractivity contribution is 0.177. The Morgan fingerprint density at radius 1 is 1.29 bits per heavy atom. The normalized spacial score (nSPS) is 23.6. The second kappa shape index (κ2) is 5.85. The molecule has 0 amide bonds. The Balaban J connectivity index is 1.91. The molecule has 1 aromatic carbocycles. The smallest absolute Gasteiger partial charge is 0.0509 e. The highest BCUT2D eigenvalue weighted by atomic mass is 35.5. The first-order chi connectivity index (χ1) is 8.16. The fourth-order valence-corrected chi connectivity index (χ4v) is 2.45. The van der Waals surface area contributed by atoms with E-state index in [1.807, 2.05) is 12.1 Å². The average Bonchev–Trinajstić information content (AvgIpc) is 2.83. The van der Waals surface area contributed by atoms with Crippen LogP contribution < -0.4 is 5.32 Å². The molecule has 1 aliphatic heterocycles. The minimum Gasteiger partial charge on any atom is -0.381 e. The molecular formula is C14H20ClNO. The fourth-order valence-electron chi connectivity index (χ4n) is 2.33. The monoisotopic (exact) mass is 253 g/mol. The van der Waals surface area contributed by atoms with E-state index in [1.54, 1.807) is 0 Å². The van der Waals surface area contributed by atoms with Gasteiger partial charge < -0.3 is 10.1 Å². The predicted molar refractivity (Wildman–Crippen MR) is 71.4 cm³/mol. The van der Waals surface area contributed by atoms with E-state index < -0.39 is 0 Å². The van der Waals surface area contributed by atoms with Crippen LogP contribution in [-0.4, -0.2) is 19.3 Å². The van der Waals surface area contributed by atoms with Gasteiger partial charge in [-0.15, -0.1) is 0 Å². The molecule has 3 heteroatoms. The molecule has 3 unspecified atom stereocenters. The van der Waals surface area contributed by atoms with Crippen LogP contribution in [-0.2, 0) is 4.74 Å². The number of nitrogens with one attached hydrogen (secondary N) is 1. The molecule has 0 radical (unpaired) electrons. The van der Waals surface area contributed by atoms with E-state index in [0.717, 1.165) is 18.2 Å². The Hall–Kier alpha value is -0.570. The van der Waals surface area contributed by atoms with Gasteiger partial charge in [0.05, 0.1) is 6.61 Å². The Labute approximate surface area is 108 Å². The Morgan fingerprint density at radius 3 is 2.59 bits per heavy atom. The molecule has 1 N–H and O–H groups in total. The molecule has 3 atom stereocenters. The largest absolute Gasteiger partial charge is 0.381 e. The number of ether oxygens (including phenoxy) is 1. The van der Waals surface area contributed by atoms with Gasteiger partial charge >= 0.3 is 0 Å². The lowest BCUT2D eigenvalue weighted by Gasteiger charge is -2.24. The third-order valence-corrected chi connectivity index (χ3v) is 3.81. The van der Waals surface area contributed by atoms with E-state index in [2.05, 4.69) is 31.3 Å². The van der Waals surface area contributed by atoms with E-state index in [4.69, 9.17) is 16.3 Å². The summed E-state index contributed by atoms with van der Waals surface area (Å²) in [4.78, 5) is 0. The summed E-state index contributed by atoms with van der Waals surface area (Å²) in [7, 11) is 0. The first-order valence-electron chi connectivity index (χ1n) is 6.26. The molecule has 1 heterocycles. The molecular weight excluding hydrogens is 234 g/mol. The Bertz CT molecular complexity index is 346. The van der Waals surface area contributed by atoms with E-state index in [1.165, 1.54) is 12.0 Å². The topological polar surface area (TPSA) is 21.3 Å². The number of benzene rings is 1. The van der Waals surface area contributed by atoms with Crippen LogP contribution in [0.3, 0.4) is 0 Å². The summed E-state index contributed by atoms with van der Waals surface area (Å²) < 4.78 is 5.42. The van der Waals surface area contributed by atoms with Gasteiger partial charge in [-0.2, -0.15) is 0 Å². The molecule has 0 bridgehead atoms. The highest BCUT2D eigenvalue weighted by molar-refractivity contribution is 6.30. The van der Waals surface area contributed by atoms with Crippen LogP contribution in [0, 0.1) is 5.92 Å². The molecule has 2 rings (SSSR count). The van der Waals surface area contributed by atoms with Gasteiger partial charge in [0.15, 0.2) is 0 Å². The minimum atomic E-state index is 0.350. The van der Waals surface area contributed by atoms with Crippen molar-refractivity contribution in [3.05, 3.63) is 34.9 Å². The Kier molecular flexibility index (Phi) is 4.43. The van der Waals surface area contributed by atoms with E-state index >= 15 is 0 Å². The van der Waals surface area contributed by atoms with Gasteiger partial charge in [-0.05, 0) is 43.9 Å². The zero-order valence-corrected chi connectivity index (χ0v) is 11.2. The van der Waals surface area contributed by atoms with Gasteiger partial charge in [0, 0.05) is 23.7 Å². The predicted octanol–water partition coefficient (Wildman–Crippen LogP) is 3.42. The quantitative estimate of drug-likeness (QED) is 0.888. The number of hydrogen-bond acceptors (Lipinski definition) is 2. The van der Waals surface area contributed by atoms with Crippen molar-refractivity contribution in [3.63, 3.8) is 0 Å². The number of rotatable bonds is 4. The van der Waals surface area contributed by atoms with Crippen molar-refractivity contribution in [3.8, 4) is 0 Å². The fraction of sp³-hybridized carbons (Fsp3) is 0.571. The van der Waals surface area contributed by atoms with Crippen LogP contribution in [0.5, 0.6) is 0 Å². The highest BCUT2D eigenvalue weighted by Gasteiger charge is 2.23.